The number of nitrogens with zero attached hydrogens (tertiary/aromatic N) is 3. The third-order valence-electron chi connectivity index (χ3n) is 6.19. The van der Waals surface area contributed by atoms with E-state index in [1.807, 2.05) is 24.3 Å². The number of methoxy groups -OCH3 is 1. The molecule has 198 valence electrons. The number of furan rings is 1. The van der Waals surface area contributed by atoms with Crippen LogP contribution in [0.1, 0.15) is 16.1 Å². The first kappa shape index (κ1) is 25.9. The number of hydrogen-bond acceptors (Lipinski definition) is 8. The summed E-state index contributed by atoms with van der Waals surface area (Å²) < 4.78 is 35.4. The van der Waals surface area contributed by atoms with E-state index in [-0.39, 0.29) is 29.7 Å². The summed E-state index contributed by atoms with van der Waals surface area (Å²) in [7, 11) is 1.46. The summed E-state index contributed by atoms with van der Waals surface area (Å²) >= 11 is 0. The van der Waals surface area contributed by atoms with E-state index >= 15 is 0 Å². The zero-order valence-corrected chi connectivity index (χ0v) is 21.1. The molecule has 2 aromatic heterocycles. The number of carbonyl (C=O) groups is 1. The molecule has 1 saturated heterocycles. The molecule has 0 radical (unpaired) electrons. The summed E-state index contributed by atoms with van der Waals surface area (Å²) in [4.78, 5) is 19.7. The van der Waals surface area contributed by atoms with E-state index in [1.165, 1.54) is 37.6 Å². The van der Waals surface area contributed by atoms with Gasteiger partial charge in [-0.2, -0.15) is 5.26 Å². The Morgan fingerprint density at radius 2 is 1.97 bits per heavy atom. The summed E-state index contributed by atoms with van der Waals surface area (Å²) in [5.74, 6) is -0.768. The molecule has 2 aromatic carbocycles. The lowest BCUT2D eigenvalue weighted by Gasteiger charge is -2.29. The Hall–Kier alpha value is -4.72. The first-order valence-electron chi connectivity index (χ1n) is 12.2. The normalized spacial score (nSPS) is 13.1. The third kappa shape index (κ3) is 5.75. The zero-order chi connectivity index (χ0) is 27.2. The molecule has 1 aliphatic rings. The highest BCUT2D eigenvalue weighted by Gasteiger charge is 2.21. The van der Waals surface area contributed by atoms with Crippen molar-refractivity contribution < 1.29 is 27.8 Å². The average Bonchev–Trinajstić information content (AvgIpc) is 3.52. The van der Waals surface area contributed by atoms with Crippen molar-refractivity contribution in [2.24, 2.45) is 0 Å². The Morgan fingerprint density at radius 3 is 2.72 bits per heavy atom. The van der Waals surface area contributed by atoms with Gasteiger partial charge in [0, 0.05) is 43.1 Å². The van der Waals surface area contributed by atoms with Crippen LogP contribution in [0, 0.1) is 17.1 Å². The van der Waals surface area contributed by atoms with E-state index in [9.17, 15) is 14.4 Å². The summed E-state index contributed by atoms with van der Waals surface area (Å²) in [5.41, 5.74) is 3.24. The molecule has 1 N–H and O–H groups in total. The standard InChI is InChI=1S/C29H25FN4O5/c1-36-18-39-27-15-20(30)7-8-22(27)25-16-23(19-4-2-5-21(14-19)34-9-12-37-13-10-34)24(17-31)28(32-25)33-29(35)26-6-3-11-38-26/h2-8,11,14-16H,9-10,12-13,18H2,1H3,(H,32,33,35). The molecule has 1 amide bonds. The Balaban J connectivity index is 1.66. The van der Waals surface area contributed by atoms with Crippen molar-refractivity contribution in [1.29, 1.82) is 5.26 Å². The second-order valence-electron chi connectivity index (χ2n) is 8.66. The lowest BCUT2D eigenvalue weighted by atomic mass is 9.97. The maximum absolute atomic E-state index is 14.1. The van der Waals surface area contributed by atoms with Gasteiger partial charge in [0.25, 0.3) is 5.91 Å². The molecule has 5 rings (SSSR count). The first-order valence-corrected chi connectivity index (χ1v) is 12.2. The fourth-order valence-electron chi connectivity index (χ4n) is 4.33. The van der Waals surface area contributed by atoms with Crippen molar-refractivity contribution in [3.05, 3.63) is 84.1 Å². The fourth-order valence-corrected chi connectivity index (χ4v) is 4.33. The van der Waals surface area contributed by atoms with E-state index in [0.717, 1.165) is 24.3 Å². The summed E-state index contributed by atoms with van der Waals surface area (Å²) in [6.45, 7) is 2.64. The molecular formula is C29H25FN4O5. The number of amides is 1. The van der Waals surface area contributed by atoms with E-state index in [4.69, 9.17) is 18.6 Å². The molecule has 10 heteroatoms. The second-order valence-corrected chi connectivity index (χ2v) is 8.66. The van der Waals surface area contributed by atoms with Crippen LogP contribution in [0.4, 0.5) is 15.9 Å². The van der Waals surface area contributed by atoms with Crippen LogP contribution in [0.5, 0.6) is 5.75 Å². The van der Waals surface area contributed by atoms with Crippen molar-refractivity contribution in [2.45, 2.75) is 0 Å². The molecule has 39 heavy (non-hydrogen) atoms. The van der Waals surface area contributed by atoms with Crippen LogP contribution in [0.2, 0.25) is 0 Å². The molecule has 1 aliphatic heterocycles. The molecular weight excluding hydrogens is 503 g/mol. The highest BCUT2D eigenvalue weighted by atomic mass is 19.1. The number of aromatic nitrogens is 1. The van der Waals surface area contributed by atoms with Gasteiger partial charge in [0.2, 0.25) is 0 Å². The molecule has 9 nitrogen and oxygen atoms in total. The molecule has 4 aromatic rings. The highest BCUT2D eigenvalue weighted by molar-refractivity contribution is 6.03. The Kier molecular flexibility index (Phi) is 7.82. The number of carbonyl (C=O) groups excluding carboxylic acids is 1. The molecule has 0 saturated carbocycles. The Labute approximate surface area is 224 Å². The van der Waals surface area contributed by atoms with Gasteiger partial charge in [0.15, 0.2) is 18.4 Å². The van der Waals surface area contributed by atoms with Crippen molar-refractivity contribution in [1.82, 2.24) is 4.98 Å². The number of nitrogens with one attached hydrogen (secondary N) is 1. The van der Waals surface area contributed by atoms with Gasteiger partial charge in [0.05, 0.1) is 25.2 Å². The van der Waals surface area contributed by atoms with E-state index in [0.29, 0.717) is 30.0 Å². The molecule has 0 spiro atoms. The van der Waals surface area contributed by atoms with Gasteiger partial charge in [-0.3, -0.25) is 4.79 Å². The van der Waals surface area contributed by atoms with E-state index in [1.54, 1.807) is 12.1 Å². The molecule has 0 aliphatic carbocycles. The highest BCUT2D eigenvalue weighted by Crippen LogP contribution is 2.37. The van der Waals surface area contributed by atoms with Crippen molar-refractivity contribution in [3.63, 3.8) is 0 Å². The number of anilines is 2. The molecule has 0 atom stereocenters. The molecule has 0 unspecified atom stereocenters. The van der Waals surface area contributed by atoms with E-state index < -0.39 is 11.7 Å². The average molecular weight is 529 g/mol. The molecule has 0 bridgehead atoms. The second kappa shape index (κ2) is 11.8. The van der Waals surface area contributed by atoms with Gasteiger partial charge in [-0.25, -0.2) is 9.37 Å². The third-order valence-corrected chi connectivity index (χ3v) is 6.19. The van der Waals surface area contributed by atoms with Gasteiger partial charge in [-0.15, -0.1) is 0 Å². The minimum Gasteiger partial charge on any atom is -0.467 e. The molecule has 3 heterocycles. The van der Waals surface area contributed by atoms with Crippen LogP contribution < -0.4 is 15.0 Å². The van der Waals surface area contributed by atoms with Gasteiger partial charge in [0.1, 0.15) is 23.2 Å². The zero-order valence-electron chi connectivity index (χ0n) is 21.1. The van der Waals surface area contributed by atoms with Crippen LogP contribution in [0.25, 0.3) is 22.4 Å². The van der Waals surface area contributed by atoms with Crippen LogP contribution >= 0.6 is 0 Å². The maximum atomic E-state index is 14.1. The van der Waals surface area contributed by atoms with Crippen molar-refractivity contribution >= 4 is 17.4 Å². The largest absolute Gasteiger partial charge is 0.467 e. The monoisotopic (exact) mass is 528 g/mol. The lowest BCUT2D eigenvalue weighted by molar-refractivity contribution is 0.0513. The number of nitriles is 1. The summed E-state index contributed by atoms with van der Waals surface area (Å²) in [6, 6.07) is 18.8. The van der Waals surface area contributed by atoms with Crippen molar-refractivity contribution in [2.75, 3.05) is 50.4 Å². The maximum Gasteiger partial charge on any atom is 0.292 e. The summed E-state index contributed by atoms with van der Waals surface area (Å²) in [6.07, 6.45) is 1.38. The van der Waals surface area contributed by atoms with Gasteiger partial charge in [-0.1, -0.05) is 12.1 Å². The number of benzene rings is 2. The SMILES string of the molecule is COCOc1cc(F)ccc1-c1cc(-c2cccc(N3CCOCC3)c2)c(C#N)c(NC(=O)c2ccco2)n1. The van der Waals surface area contributed by atoms with Gasteiger partial charge >= 0.3 is 0 Å². The van der Waals surface area contributed by atoms with Crippen LogP contribution in [0.15, 0.2) is 71.3 Å². The number of hydrogen-bond donors (Lipinski definition) is 1. The number of rotatable bonds is 8. The van der Waals surface area contributed by atoms with Crippen LogP contribution in [-0.4, -0.2) is 51.1 Å². The topological polar surface area (TPSA) is 110 Å². The minimum atomic E-state index is -0.566. The molecule has 1 fully saturated rings. The minimum absolute atomic E-state index is 0.0326. The van der Waals surface area contributed by atoms with Gasteiger partial charge in [-0.05, 0) is 48.0 Å². The number of ether oxygens (including phenoxy) is 3. The lowest BCUT2D eigenvalue weighted by Crippen LogP contribution is -2.36. The predicted octanol–water partition coefficient (Wildman–Crippen LogP) is 5.09. The van der Waals surface area contributed by atoms with Crippen LogP contribution in [-0.2, 0) is 9.47 Å². The summed E-state index contributed by atoms with van der Waals surface area (Å²) in [5, 5.41) is 12.9. The fraction of sp³-hybridized carbons (Fsp3) is 0.207. The number of morpholine rings is 1. The number of halogens is 1. The quantitative estimate of drug-likeness (QED) is 0.315. The smallest absolute Gasteiger partial charge is 0.292 e. The van der Waals surface area contributed by atoms with E-state index in [2.05, 4.69) is 21.3 Å². The Bertz CT molecular complexity index is 1510. The Morgan fingerprint density at radius 1 is 1.13 bits per heavy atom. The first-order chi connectivity index (χ1) is 19.1. The predicted molar refractivity (Wildman–Crippen MR) is 142 cm³/mol. The van der Waals surface area contributed by atoms with Crippen molar-refractivity contribution in [3.8, 4) is 34.2 Å². The number of pyridine rings is 1. The van der Waals surface area contributed by atoms with Gasteiger partial charge < -0.3 is 28.8 Å². The van der Waals surface area contributed by atoms with Crippen LogP contribution in [0.3, 0.4) is 0 Å².